The number of nitrogens with one attached hydrogen (secondary N) is 1. The van der Waals surface area contributed by atoms with Crippen LogP contribution in [-0.2, 0) is 0 Å². The molecule has 1 N–H and O–H groups in total. The highest BCUT2D eigenvalue weighted by atomic mass is 35.5. The van der Waals surface area contributed by atoms with Crippen molar-refractivity contribution >= 4 is 34.6 Å². The van der Waals surface area contributed by atoms with Crippen molar-refractivity contribution < 1.29 is 9.72 Å². The van der Waals surface area contributed by atoms with Crippen LogP contribution < -0.4 is 10.2 Å². The third-order valence-electron chi connectivity index (χ3n) is 6.39. The fourth-order valence-electron chi connectivity index (χ4n) is 4.33. The first-order valence-electron chi connectivity index (χ1n) is 13.1. The van der Waals surface area contributed by atoms with Gasteiger partial charge < -0.3 is 10.2 Å². The zero-order chi connectivity index (χ0) is 26.6. The SMILES string of the molecule is CCCCCCCCN(CCC)c1ccc(-c2ccc(NC(=O)c3cc([N+](=O)[O-])ccc3Cl)cc2)cc1. The number of hydrogen-bond donors (Lipinski definition) is 1. The van der Waals surface area contributed by atoms with E-state index in [1.165, 1.54) is 62.4 Å². The van der Waals surface area contributed by atoms with Crippen molar-refractivity contribution in [2.24, 2.45) is 0 Å². The lowest BCUT2D eigenvalue weighted by Gasteiger charge is -2.24. The topological polar surface area (TPSA) is 75.5 Å². The molecule has 0 spiro atoms. The molecule has 0 aliphatic carbocycles. The molecule has 1 amide bonds. The fourth-order valence-corrected chi connectivity index (χ4v) is 4.54. The summed E-state index contributed by atoms with van der Waals surface area (Å²) in [5.74, 6) is -0.493. The molecule has 0 bridgehead atoms. The van der Waals surface area contributed by atoms with E-state index in [9.17, 15) is 14.9 Å². The quantitative estimate of drug-likeness (QED) is 0.131. The van der Waals surface area contributed by atoms with Crippen molar-refractivity contribution in [1.29, 1.82) is 0 Å². The first-order valence-corrected chi connectivity index (χ1v) is 13.5. The molecule has 0 saturated carbocycles. The summed E-state index contributed by atoms with van der Waals surface area (Å²) in [5.41, 5.74) is 3.85. The van der Waals surface area contributed by atoms with Crippen molar-refractivity contribution in [3.05, 3.63) is 87.4 Å². The molecule has 0 aliphatic rings. The Morgan fingerprint density at radius 3 is 2.08 bits per heavy atom. The van der Waals surface area contributed by atoms with Crippen LogP contribution in [0.5, 0.6) is 0 Å². The number of amides is 1. The monoisotopic (exact) mass is 521 g/mol. The maximum atomic E-state index is 12.6. The lowest BCUT2D eigenvalue weighted by Crippen LogP contribution is -2.25. The van der Waals surface area contributed by atoms with E-state index in [-0.39, 0.29) is 16.3 Å². The van der Waals surface area contributed by atoms with Gasteiger partial charge >= 0.3 is 0 Å². The fraction of sp³-hybridized carbons (Fsp3) is 0.367. The molecule has 0 saturated heterocycles. The van der Waals surface area contributed by atoms with E-state index in [2.05, 4.69) is 48.3 Å². The van der Waals surface area contributed by atoms with E-state index in [1.54, 1.807) is 0 Å². The smallest absolute Gasteiger partial charge is 0.270 e. The number of rotatable bonds is 14. The highest BCUT2D eigenvalue weighted by Gasteiger charge is 2.16. The molecular weight excluding hydrogens is 486 g/mol. The second-order valence-corrected chi connectivity index (χ2v) is 9.66. The van der Waals surface area contributed by atoms with Gasteiger partial charge in [0.15, 0.2) is 0 Å². The van der Waals surface area contributed by atoms with Crippen molar-refractivity contribution in [1.82, 2.24) is 0 Å². The number of unbranched alkanes of at least 4 members (excludes halogenated alkanes) is 5. The van der Waals surface area contributed by atoms with Crippen LogP contribution in [0.25, 0.3) is 11.1 Å². The van der Waals surface area contributed by atoms with Gasteiger partial charge in [-0.15, -0.1) is 0 Å². The lowest BCUT2D eigenvalue weighted by atomic mass is 10.0. The van der Waals surface area contributed by atoms with E-state index in [4.69, 9.17) is 11.6 Å². The minimum atomic E-state index is -0.552. The average molecular weight is 522 g/mol. The molecule has 3 aromatic rings. The molecule has 7 heteroatoms. The summed E-state index contributed by atoms with van der Waals surface area (Å²) < 4.78 is 0. The summed E-state index contributed by atoms with van der Waals surface area (Å²) in [6, 6.07) is 20.0. The minimum absolute atomic E-state index is 0.0631. The van der Waals surface area contributed by atoms with E-state index in [1.807, 2.05) is 24.3 Å². The summed E-state index contributed by atoms with van der Waals surface area (Å²) in [7, 11) is 0. The summed E-state index contributed by atoms with van der Waals surface area (Å²) in [5, 5.41) is 14.0. The standard InChI is InChI=1S/C30H36ClN3O3/c1-3-5-6-7-8-9-21-33(20-4-2)26-16-12-24(13-17-26)23-10-14-25(15-11-23)32-30(35)28-22-27(34(36)37)18-19-29(28)31/h10-19,22H,3-9,20-21H2,1-2H3,(H,32,35). The minimum Gasteiger partial charge on any atom is -0.372 e. The molecule has 0 heterocycles. The molecule has 3 aromatic carbocycles. The molecule has 196 valence electrons. The second-order valence-electron chi connectivity index (χ2n) is 9.25. The molecular formula is C30H36ClN3O3. The first kappa shape index (κ1) is 28.2. The molecule has 6 nitrogen and oxygen atoms in total. The number of halogens is 1. The molecule has 0 unspecified atom stereocenters. The van der Waals surface area contributed by atoms with Crippen LogP contribution in [-0.4, -0.2) is 23.9 Å². The predicted octanol–water partition coefficient (Wildman–Crippen LogP) is 8.74. The van der Waals surface area contributed by atoms with Gasteiger partial charge in [-0.25, -0.2) is 0 Å². The summed E-state index contributed by atoms with van der Waals surface area (Å²) >= 11 is 6.09. The first-order chi connectivity index (χ1) is 17.9. The Balaban J connectivity index is 1.62. The Morgan fingerprint density at radius 2 is 1.46 bits per heavy atom. The van der Waals surface area contributed by atoms with Gasteiger partial charge in [0.2, 0.25) is 0 Å². The number of nitrogens with zero attached hydrogens (tertiary/aromatic N) is 2. The summed E-state index contributed by atoms with van der Waals surface area (Å²) in [4.78, 5) is 25.6. The van der Waals surface area contributed by atoms with Gasteiger partial charge in [-0.3, -0.25) is 14.9 Å². The zero-order valence-electron chi connectivity index (χ0n) is 21.7. The Morgan fingerprint density at radius 1 is 0.838 bits per heavy atom. The third kappa shape index (κ3) is 8.32. The average Bonchev–Trinajstić information content (AvgIpc) is 2.90. The van der Waals surface area contributed by atoms with Gasteiger partial charge in [0.05, 0.1) is 15.5 Å². The van der Waals surface area contributed by atoms with Crippen molar-refractivity contribution in [3.63, 3.8) is 0 Å². The van der Waals surface area contributed by atoms with Crippen LogP contribution in [0.1, 0.15) is 69.2 Å². The zero-order valence-corrected chi connectivity index (χ0v) is 22.5. The number of nitro benzene ring substituents is 1. The van der Waals surface area contributed by atoms with E-state index < -0.39 is 10.8 Å². The van der Waals surface area contributed by atoms with Gasteiger partial charge in [0, 0.05) is 36.6 Å². The van der Waals surface area contributed by atoms with E-state index in [0.717, 1.165) is 30.6 Å². The summed E-state index contributed by atoms with van der Waals surface area (Å²) in [6.07, 6.45) is 8.90. The normalized spacial score (nSPS) is 10.8. The Hall–Kier alpha value is -3.38. The van der Waals surface area contributed by atoms with Gasteiger partial charge in [-0.1, -0.05) is 81.8 Å². The number of hydrogen-bond acceptors (Lipinski definition) is 4. The second kappa shape index (κ2) is 14.4. The molecule has 3 rings (SSSR count). The molecule has 0 aromatic heterocycles. The van der Waals surface area contributed by atoms with Gasteiger partial charge in [0.25, 0.3) is 11.6 Å². The van der Waals surface area contributed by atoms with E-state index in [0.29, 0.717) is 5.69 Å². The Kier molecular flexibility index (Phi) is 11.0. The van der Waals surface area contributed by atoms with Crippen molar-refractivity contribution in [2.45, 2.75) is 58.8 Å². The van der Waals surface area contributed by atoms with E-state index >= 15 is 0 Å². The third-order valence-corrected chi connectivity index (χ3v) is 6.72. The highest BCUT2D eigenvalue weighted by Crippen LogP contribution is 2.27. The molecule has 0 radical (unpaired) electrons. The maximum Gasteiger partial charge on any atom is 0.270 e. The van der Waals surface area contributed by atoms with Gasteiger partial charge in [-0.05, 0) is 54.3 Å². The van der Waals surface area contributed by atoms with Crippen LogP contribution >= 0.6 is 11.6 Å². The maximum absolute atomic E-state index is 12.6. The van der Waals surface area contributed by atoms with Crippen LogP contribution in [0, 0.1) is 10.1 Å². The number of nitro groups is 1. The van der Waals surface area contributed by atoms with Crippen LogP contribution in [0.15, 0.2) is 66.7 Å². The van der Waals surface area contributed by atoms with Crippen LogP contribution in [0.4, 0.5) is 17.1 Å². The van der Waals surface area contributed by atoms with Crippen molar-refractivity contribution in [3.8, 4) is 11.1 Å². The van der Waals surface area contributed by atoms with Crippen molar-refractivity contribution in [2.75, 3.05) is 23.3 Å². The number of carbonyl (C=O) groups excluding carboxylic acids is 1. The number of benzene rings is 3. The lowest BCUT2D eigenvalue weighted by molar-refractivity contribution is -0.384. The predicted molar refractivity (Wildman–Crippen MR) is 154 cm³/mol. The van der Waals surface area contributed by atoms with Gasteiger partial charge in [-0.2, -0.15) is 0 Å². The molecule has 0 aliphatic heterocycles. The number of carbonyl (C=O) groups is 1. The molecule has 37 heavy (non-hydrogen) atoms. The van der Waals surface area contributed by atoms with Crippen LogP contribution in [0.2, 0.25) is 5.02 Å². The Bertz CT molecular complexity index is 1160. The number of non-ortho nitro benzene ring substituents is 1. The highest BCUT2D eigenvalue weighted by molar-refractivity contribution is 6.34. The van der Waals surface area contributed by atoms with Crippen LogP contribution in [0.3, 0.4) is 0 Å². The van der Waals surface area contributed by atoms with Gasteiger partial charge in [0.1, 0.15) is 0 Å². The number of anilines is 2. The largest absolute Gasteiger partial charge is 0.372 e. The summed E-state index contributed by atoms with van der Waals surface area (Å²) in [6.45, 7) is 6.61. The Labute approximate surface area is 224 Å². The molecule has 0 atom stereocenters. The molecule has 0 fully saturated rings.